The Morgan fingerprint density at radius 2 is 2.04 bits per heavy atom. The van der Waals surface area contributed by atoms with Crippen LogP contribution in [0.25, 0.3) is 0 Å². The summed E-state index contributed by atoms with van der Waals surface area (Å²) < 4.78 is 5.03. The summed E-state index contributed by atoms with van der Waals surface area (Å²) in [5, 5.41) is 11.0. The number of hydrogen-bond acceptors (Lipinski definition) is 5. The summed E-state index contributed by atoms with van der Waals surface area (Å²) in [7, 11) is 0. The van der Waals surface area contributed by atoms with Gasteiger partial charge in [-0.1, -0.05) is 6.07 Å². The number of carbonyl (C=O) groups is 3. The smallest absolute Gasteiger partial charge is 0.309 e. The fourth-order valence-electron chi connectivity index (χ4n) is 2.97. The van der Waals surface area contributed by atoms with Crippen LogP contribution in [0, 0.1) is 5.92 Å². The van der Waals surface area contributed by atoms with Gasteiger partial charge in [-0.15, -0.1) is 11.3 Å². The van der Waals surface area contributed by atoms with Gasteiger partial charge in [0.15, 0.2) is 0 Å². The van der Waals surface area contributed by atoms with Gasteiger partial charge in [0.25, 0.3) is 0 Å². The maximum atomic E-state index is 12.5. The van der Waals surface area contributed by atoms with Gasteiger partial charge in [-0.05, 0) is 31.2 Å². The van der Waals surface area contributed by atoms with Gasteiger partial charge in [0.1, 0.15) is 0 Å². The van der Waals surface area contributed by atoms with E-state index in [0.29, 0.717) is 32.5 Å². The van der Waals surface area contributed by atoms with Gasteiger partial charge >= 0.3 is 11.9 Å². The quantitative estimate of drug-likeness (QED) is 0.762. The lowest BCUT2D eigenvalue weighted by atomic mass is 9.94. The highest BCUT2D eigenvalue weighted by Gasteiger charge is 2.30. The number of amides is 1. The number of nitrogens with zero attached hydrogens (tertiary/aromatic N) is 1. The molecule has 7 heteroatoms. The van der Waals surface area contributed by atoms with Crippen molar-refractivity contribution in [2.24, 2.45) is 5.92 Å². The molecule has 0 spiro atoms. The Balaban J connectivity index is 1.89. The van der Waals surface area contributed by atoms with Gasteiger partial charge in [-0.2, -0.15) is 0 Å². The lowest BCUT2D eigenvalue weighted by molar-refractivity contribution is -0.151. The summed E-state index contributed by atoms with van der Waals surface area (Å²) in [6.07, 6.45) is 1.35. The molecule has 0 radical (unpaired) electrons. The van der Waals surface area contributed by atoms with Gasteiger partial charge in [0, 0.05) is 30.3 Å². The third-order valence-corrected chi connectivity index (χ3v) is 5.29. The number of thiophene rings is 1. The van der Waals surface area contributed by atoms with E-state index in [2.05, 4.69) is 0 Å². The van der Waals surface area contributed by atoms with Crippen LogP contribution < -0.4 is 0 Å². The van der Waals surface area contributed by atoms with Crippen LogP contribution in [0.1, 0.15) is 43.4 Å². The summed E-state index contributed by atoms with van der Waals surface area (Å²) in [4.78, 5) is 38.0. The first-order valence-electron chi connectivity index (χ1n) is 8.20. The Hall–Kier alpha value is -1.89. The van der Waals surface area contributed by atoms with Crippen molar-refractivity contribution in [1.29, 1.82) is 0 Å². The first kappa shape index (κ1) is 18.4. The van der Waals surface area contributed by atoms with Crippen molar-refractivity contribution in [2.45, 2.75) is 38.5 Å². The summed E-state index contributed by atoms with van der Waals surface area (Å²) in [6.45, 7) is 3.19. The third kappa shape index (κ3) is 5.06. The van der Waals surface area contributed by atoms with E-state index in [-0.39, 0.29) is 36.6 Å². The second-order valence-corrected chi connectivity index (χ2v) is 6.90. The number of carbonyl (C=O) groups excluding carboxylic acids is 2. The van der Waals surface area contributed by atoms with E-state index in [1.165, 1.54) is 11.3 Å². The van der Waals surface area contributed by atoms with Gasteiger partial charge < -0.3 is 14.7 Å². The molecule has 1 aliphatic heterocycles. The highest BCUT2D eigenvalue weighted by Crippen LogP contribution is 2.29. The van der Waals surface area contributed by atoms with Gasteiger partial charge in [-0.25, -0.2) is 0 Å². The molecule has 0 bridgehead atoms. The maximum absolute atomic E-state index is 12.5. The topological polar surface area (TPSA) is 83.9 Å². The summed E-state index contributed by atoms with van der Waals surface area (Å²) in [5.74, 6) is -1.56. The minimum absolute atomic E-state index is 0.0445. The fraction of sp³-hybridized carbons (Fsp3) is 0.588. The average molecular weight is 353 g/mol. The van der Waals surface area contributed by atoms with Crippen LogP contribution in [0.5, 0.6) is 0 Å². The number of piperidine rings is 1. The van der Waals surface area contributed by atoms with Crippen molar-refractivity contribution in [3.8, 4) is 0 Å². The molecule has 2 heterocycles. The minimum atomic E-state index is -0.901. The number of carboxylic acids is 1. The van der Waals surface area contributed by atoms with Crippen molar-refractivity contribution in [3.05, 3.63) is 22.4 Å². The molecule has 0 aromatic carbocycles. The molecule has 132 valence electrons. The molecule has 1 N–H and O–H groups in total. The first-order valence-corrected chi connectivity index (χ1v) is 9.08. The summed E-state index contributed by atoms with van der Waals surface area (Å²) >= 11 is 1.48. The van der Waals surface area contributed by atoms with Crippen LogP contribution in [0.2, 0.25) is 0 Å². The molecule has 1 aliphatic rings. The molecule has 1 atom stereocenters. The standard InChI is InChI=1S/C17H23NO5S/c1-2-23-17(22)12-5-7-18(8-6-12)15(19)10-13(11-16(20)21)14-4-3-9-24-14/h3-4,9,12-13H,2,5-8,10-11H2,1H3,(H,20,21). The van der Waals surface area contributed by atoms with E-state index < -0.39 is 5.97 Å². The summed E-state index contributed by atoms with van der Waals surface area (Å²) in [5.41, 5.74) is 0. The van der Waals surface area contributed by atoms with Crippen LogP contribution >= 0.6 is 11.3 Å². The Morgan fingerprint density at radius 1 is 1.33 bits per heavy atom. The zero-order valence-electron chi connectivity index (χ0n) is 13.8. The monoisotopic (exact) mass is 353 g/mol. The molecule has 1 aromatic rings. The van der Waals surface area contributed by atoms with Crippen molar-refractivity contribution >= 4 is 29.2 Å². The second kappa shape index (κ2) is 8.82. The fourth-order valence-corrected chi connectivity index (χ4v) is 3.80. The van der Waals surface area contributed by atoms with Crippen molar-refractivity contribution in [2.75, 3.05) is 19.7 Å². The number of esters is 1. The summed E-state index contributed by atoms with van der Waals surface area (Å²) in [6, 6.07) is 3.74. The molecule has 0 aliphatic carbocycles. The molecule has 1 unspecified atom stereocenters. The van der Waals surface area contributed by atoms with Crippen molar-refractivity contribution in [3.63, 3.8) is 0 Å². The van der Waals surface area contributed by atoms with Crippen molar-refractivity contribution < 1.29 is 24.2 Å². The maximum Gasteiger partial charge on any atom is 0.309 e. The van der Waals surface area contributed by atoms with E-state index in [1.807, 2.05) is 17.5 Å². The Bertz CT molecular complexity index is 564. The second-order valence-electron chi connectivity index (χ2n) is 5.92. The Labute approximate surface area is 145 Å². The molecule has 1 aromatic heterocycles. The predicted molar refractivity (Wildman–Crippen MR) is 89.9 cm³/mol. The molecule has 0 saturated carbocycles. The first-order chi connectivity index (χ1) is 11.5. The van der Waals surface area contributed by atoms with Gasteiger partial charge in [0.2, 0.25) is 5.91 Å². The number of hydrogen-bond donors (Lipinski definition) is 1. The molecule has 24 heavy (non-hydrogen) atoms. The lowest BCUT2D eigenvalue weighted by Gasteiger charge is -2.31. The van der Waals surface area contributed by atoms with Crippen LogP contribution in [0.15, 0.2) is 17.5 Å². The zero-order chi connectivity index (χ0) is 17.5. The Kier molecular flexibility index (Phi) is 6.78. The van der Waals surface area contributed by atoms with Crippen molar-refractivity contribution in [1.82, 2.24) is 4.90 Å². The highest BCUT2D eigenvalue weighted by atomic mass is 32.1. The lowest BCUT2D eigenvalue weighted by Crippen LogP contribution is -2.41. The average Bonchev–Trinajstić information content (AvgIpc) is 3.08. The van der Waals surface area contributed by atoms with Gasteiger partial charge in [0.05, 0.1) is 18.9 Å². The molecule has 6 nitrogen and oxygen atoms in total. The molecular formula is C17H23NO5S. The van der Waals surface area contributed by atoms with E-state index in [1.54, 1.807) is 11.8 Å². The van der Waals surface area contributed by atoms with E-state index in [9.17, 15) is 14.4 Å². The predicted octanol–water partition coefficient (Wildman–Crippen LogP) is 2.50. The van der Waals surface area contributed by atoms with E-state index in [0.717, 1.165) is 4.88 Å². The molecule has 1 saturated heterocycles. The Morgan fingerprint density at radius 3 is 2.58 bits per heavy atom. The van der Waals surface area contributed by atoms with Crippen LogP contribution in [0.3, 0.4) is 0 Å². The third-order valence-electron chi connectivity index (χ3n) is 4.26. The number of likely N-dealkylation sites (tertiary alicyclic amines) is 1. The van der Waals surface area contributed by atoms with Gasteiger partial charge in [-0.3, -0.25) is 14.4 Å². The number of carboxylic acid groups (broad SMARTS) is 1. The largest absolute Gasteiger partial charge is 0.481 e. The zero-order valence-corrected chi connectivity index (χ0v) is 14.6. The van der Waals surface area contributed by atoms with Crippen LogP contribution in [0.4, 0.5) is 0 Å². The SMILES string of the molecule is CCOC(=O)C1CCN(C(=O)CC(CC(=O)O)c2cccs2)CC1. The molecule has 2 rings (SSSR count). The molecule has 1 fully saturated rings. The van der Waals surface area contributed by atoms with E-state index in [4.69, 9.17) is 9.84 Å². The number of rotatable bonds is 7. The normalized spacial score (nSPS) is 16.6. The minimum Gasteiger partial charge on any atom is -0.481 e. The number of aliphatic carboxylic acids is 1. The van der Waals surface area contributed by atoms with E-state index >= 15 is 0 Å². The molecule has 1 amide bonds. The van der Waals surface area contributed by atoms with Crippen LogP contribution in [-0.2, 0) is 19.1 Å². The number of ether oxygens (including phenoxy) is 1. The highest BCUT2D eigenvalue weighted by molar-refractivity contribution is 7.10. The van der Waals surface area contributed by atoms with Crippen LogP contribution in [-0.4, -0.2) is 47.5 Å². The molecular weight excluding hydrogens is 330 g/mol.